The predicted molar refractivity (Wildman–Crippen MR) is 97.4 cm³/mol. The minimum Gasteiger partial charge on any atom is -0.496 e. The molecule has 2 aromatic carbocycles. The quantitative estimate of drug-likeness (QED) is 0.725. The molecule has 0 saturated heterocycles. The molecule has 0 fully saturated rings. The number of fused-ring (bicyclic) bond motifs is 2. The molecule has 4 rings (SSSR count). The summed E-state index contributed by atoms with van der Waals surface area (Å²) in [5.41, 5.74) is 3.64. The number of ether oxygens (including phenoxy) is 1. The highest BCUT2D eigenvalue weighted by Gasteiger charge is 2.21. The Morgan fingerprint density at radius 1 is 1.08 bits per heavy atom. The molecular weight excluding hydrogens is 298 g/mol. The van der Waals surface area contributed by atoms with Gasteiger partial charge in [-0.3, -0.25) is 0 Å². The van der Waals surface area contributed by atoms with Crippen molar-refractivity contribution in [1.82, 2.24) is 9.97 Å². The summed E-state index contributed by atoms with van der Waals surface area (Å²) in [4.78, 5) is 11.5. The maximum Gasteiger partial charge on any atom is 0.139 e. The molecule has 24 heavy (non-hydrogen) atoms. The molecular formula is C20H21N3O. The van der Waals surface area contributed by atoms with Gasteiger partial charge in [0.15, 0.2) is 0 Å². The van der Waals surface area contributed by atoms with Gasteiger partial charge in [-0.05, 0) is 55.8 Å². The molecule has 0 radical (unpaired) electrons. The van der Waals surface area contributed by atoms with Crippen LogP contribution in [-0.4, -0.2) is 24.1 Å². The summed E-state index contributed by atoms with van der Waals surface area (Å²) >= 11 is 0. The topological polar surface area (TPSA) is 38.2 Å². The fourth-order valence-corrected chi connectivity index (χ4v) is 3.56. The maximum absolute atomic E-state index is 5.45. The zero-order valence-electron chi connectivity index (χ0n) is 14.3. The van der Waals surface area contributed by atoms with Crippen LogP contribution in [0.5, 0.6) is 5.75 Å². The van der Waals surface area contributed by atoms with Crippen LogP contribution in [-0.2, 0) is 12.8 Å². The van der Waals surface area contributed by atoms with E-state index in [1.165, 1.54) is 23.1 Å². The van der Waals surface area contributed by atoms with Gasteiger partial charge in [-0.1, -0.05) is 12.1 Å². The van der Waals surface area contributed by atoms with Gasteiger partial charge in [-0.2, -0.15) is 0 Å². The first kappa shape index (κ1) is 14.9. The molecule has 0 spiro atoms. The van der Waals surface area contributed by atoms with Crippen molar-refractivity contribution < 1.29 is 4.74 Å². The third-order valence-electron chi connectivity index (χ3n) is 4.77. The van der Waals surface area contributed by atoms with E-state index >= 15 is 0 Å². The number of hydrogen-bond donors (Lipinski definition) is 0. The zero-order chi connectivity index (χ0) is 16.7. The molecule has 0 atom stereocenters. The average molecular weight is 319 g/mol. The Kier molecular flexibility index (Phi) is 3.60. The van der Waals surface area contributed by atoms with Gasteiger partial charge in [0.1, 0.15) is 17.4 Å². The number of benzene rings is 2. The van der Waals surface area contributed by atoms with Gasteiger partial charge in [0.05, 0.1) is 7.11 Å². The van der Waals surface area contributed by atoms with Crippen LogP contribution in [0, 0.1) is 6.92 Å². The highest BCUT2D eigenvalue weighted by molar-refractivity contribution is 5.91. The number of anilines is 2. The highest BCUT2D eigenvalue weighted by atomic mass is 16.5. The minimum atomic E-state index is 0.847. The molecule has 122 valence electrons. The minimum absolute atomic E-state index is 0.847. The van der Waals surface area contributed by atoms with Crippen LogP contribution in [0.25, 0.3) is 10.8 Å². The van der Waals surface area contributed by atoms with Crippen LogP contribution in [0.4, 0.5) is 11.5 Å². The fourth-order valence-electron chi connectivity index (χ4n) is 3.56. The molecule has 0 bridgehead atoms. The van der Waals surface area contributed by atoms with E-state index in [0.717, 1.165) is 41.3 Å². The Bertz CT molecular complexity index is 920. The summed E-state index contributed by atoms with van der Waals surface area (Å²) < 4.78 is 5.45. The Morgan fingerprint density at radius 2 is 1.96 bits per heavy atom. The van der Waals surface area contributed by atoms with Crippen LogP contribution in [0.1, 0.15) is 23.5 Å². The lowest BCUT2D eigenvalue weighted by Gasteiger charge is -2.22. The summed E-state index contributed by atoms with van der Waals surface area (Å²) in [6, 6.07) is 12.6. The largest absolute Gasteiger partial charge is 0.496 e. The van der Waals surface area contributed by atoms with Crippen LogP contribution in [0.15, 0.2) is 36.4 Å². The first-order valence-corrected chi connectivity index (χ1v) is 8.34. The average Bonchev–Trinajstić information content (AvgIpc) is 3.07. The maximum atomic E-state index is 5.45. The smallest absolute Gasteiger partial charge is 0.139 e. The molecule has 4 heteroatoms. The molecule has 4 nitrogen and oxygen atoms in total. The molecule has 0 amide bonds. The normalized spacial score (nSPS) is 13.1. The van der Waals surface area contributed by atoms with Crippen molar-refractivity contribution >= 4 is 22.3 Å². The van der Waals surface area contributed by atoms with Crippen molar-refractivity contribution in [1.29, 1.82) is 0 Å². The van der Waals surface area contributed by atoms with Crippen LogP contribution < -0.4 is 9.64 Å². The third kappa shape index (κ3) is 2.39. The Hall–Kier alpha value is -2.62. The van der Waals surface area contributed by atoms with Gasteiger partial charge in [-0.15, -0.1) is 0 Å². The second-order valence-electron chi connectivity index (χ2n) is 6.30. The summed E-state index contributed by atoms with van der Waals surface area (Å²) in [6.07, 6.45) is 3.30. The third-order valence-corrected chi connectivity index (χ3v) is 4.77. The van der Waals surface area contributed by atoms with Crippen molar-refractivity contribution in [3.8, 4) is 5.75 Å². The van der Waals surface area contributed by atoms with Gasteiger partial charge in [-0.25, -0.2) is 9.97 Å². The van der Waals surface area contributed by atoms with E-state index in [0.29, 0.717) is 0 Å². The van der Waals surface area contributed by atoms with Crippen LogP contribution in [0.3, 0.4) is 0 Å². The second kappa shape index (κ2) is 5.78. The van der Waals surface area contributed by atoms with Crippen molar-refractivity contribution in [3.63, 3.8) is 0 Å². The lowest BCUT2D eigenvalue weighted by molar-refractivity contribution is 0.420. The van der Waals surface area contributed by atoms with E-state index in [4.69, 9.17) is 9.72 Å². The predicted octanol–water partition coefficient (Wildman–Crippen LogP) is 4.20. The number of rotatable bonds is 3. The van der Waals surface area contributed by atoms with Crippen molar-refractivity contribution in [2.75, 3.05) is 19.1 Å². The molecule has 0 saturated carbocycles. The van der Waals surface area contributed by atoms with E-state index in [1.807, 2.05) is 19.1 Å². The fraction of sp³-hybridized carbons (Fsp3) is 0.300. The molecule has 3 aromatic rings. The molecule has 1 aliphatic rings. The molecule has 0 aliphatic heterocycles. The van der Waals surface area contributed by atoms with Gasteiger partial charge in [0, 0.05) is 29.4 Å². The monoisotopic (exact) mass is 319 g/mol. The van der Waals surface area contributed by atoms with Gasteiger partial charge in [0.25, 0.3) is 0 Å². The van der Waals surface area contributed by atoms with E-state index in [9.17, 15) is 0 Å². The summed E-state index contributed by atoms with van der Waals surface area (Å²) in [5, 5.41) is 2.29. The van der Waals surface area contributed by atoms with E-state index < -0.39 is 0 Å². The molecule has 0 unspecified atom stereocenters. The van der Waals surface area contributed by atoms with E-state index in [1.54, 1.807) is 7.11 Å². The molecule has 1 aromatic heterocycles. The first-order chi connectivity index (χ1) is 11.7. The molecule has 0 N–H and O–H groups in total. The lowest BCUT2D eigenvalue weighted by atomic mass is 10.1. The summed E-state index contributed by atoms with van der Waals surface area (Å²) in [5.74, 6) is 2.79. The molecule has 1 heterocycles. The van der Waals surface area contributed by atoms with Crippen molar-refractivity contribution in [2.45, 2.75) is 26.2 Å². The van der Waals surface area contributed by atoms with E-state index in [-0.39, 0.29) is 0 Å². The number of methoxy groups -OCH3 is 1. The van der Waals surface area contributed by atoms with Crippen molar-refractivity contribution in [2.24, 2.45) is 0 Å². The number of aryl methyl sites for hydroxylation is 2. The Balaban J connectivity index is 1.81. The second-order valence-corrected chi connectivity index (χ2v) is 6.30. The number of nitrogens with zero attached hydrogens (tertiary/aromatic N) is 3. The lowest BCUT2D eigenvalue weighted by Crippen LogP contribution is -2.15. The SMILES string of the molecule is COc1cccc2cc(N(C)c3nc(C)nc4c3CCC4)ccc12. The number of aromatic nitrogens is 2. The Labute approximate surface area is 142 Å². The van der Waals surface area contributed by atoms with Crippen molar-refractivity contribution in [3.05, 3.63) is 53.5 Å². The van der Waals surface area contributed by atoms with Gasteiger partial charge in [0.2, 0.25) is 0 Å². The molecule has 1 aliphatic carbocycles. The first-order valence-electron chi connectivity index (χ1n) is 8.34. The highest BCUT2D eigenvalue weighted by Crippen LogP contribution is 2.34. The van der Waals surface area contributed by atoms with E-state index in [2.05, 4.69) is 41.2 Å². The summed E-state index contributed by atoms with van der Waals surface area (Å²) in [7, 11) is 3.80. The standard InChI is InChI=1S/C20H21N3O/c1-13-21-18-8-5-7-17(18)20(22-13)23(2)15-10-11-16-14(12-15)6-4-9-19(16)24-3/h4,6,9-12H,5,7-8H2,1-3H3. The number of hydrogen-bond acceptors (Lipinski definition) is 4. The Morgan fingerprint density at radius 3 is 2.79 bits per heavy atom. The zero-order valence-corrected chi connectivity index (χ0v) is 14.3. The van der Waals surface area contributed by atoms with Gasteiger partial charge < -0.3 is 9.64 Å². The van der Waals surface area contributed by atoms with Crippen LogP contribution in [0.2, 0.25) is 0 Å². The van der Waals surface area contributed by atoms with Crippen LogP contribution >= 0.6 is 0 Å². The van der Waals surface area contributed by atoms with Gasteiger partial charge >= 0.3 is 0 Å². The summed E-state index contributed by atoms with van der Waals surface area (Å²) in [6.45, 7) is 1.97.